The summed E-state index contributed by atoms with van der Waals surface area (Å²) in [6.45, 7) is 0.711. The van der Waals surface area contributed by atoms with Crippen molar-refractivity contribution < 1.29 is 14.3 Å². The fraction of sp³-hybridized carbons (Fsp3) is 0.444. The smallest absolute Gasteiger partial charge is 0.201 e. The molecule has 1 aromatic rings. The molecular formula is C18H19ClO3S. The van der Waals surface area contributed by atoms with Crippen LogP contribution in [0.25, 0.3) is 6.08 Å². The van der Waals surface area contributed by atoms with Gasteiger partial charge >= 0.3 is 0 Å². The van der Waals surface area contributed by atoms with Crippen LogP contribution in [0.3, 0.4) is 0 Å². The quantitative estimate of drug-likeness (QED) is 0.573. The summed E-state index contributed by atoms with van der Waals surface area (Å²) in [5.41, 5.74) is 0.811. The van der Waals surface area contributed by atoms with Crippen LogP contribution in [-0.4, -0.2) is 17.5 Å². The van der Waals surface area contributed by atoms with Gasteiger partial charge in [0.2, 0.25) is 5.12 Å². The summed E-state index contributed by atoms with van der Waals surface area (Å²) >= 11 is 7.29. The van der Waals surface area contributed by atoms with Crippen molar-refractivity contribution >= 4 is 40.3 Å². The van der Waals surface area contributed by atoms with E-state index < -0.39 is 0 Å². The Morgan fingerprint density at radius 2 is 2.00 bits per heavy atom. The van der Waals surface area contributed by atoms with Gasteiger partial charge in [-0.05, 0) is 54.3 Å². The zero-order valence-electron chi connectivity index (χ0n) is 12.8. The molecule has 0 N–H and O–H groups in total. The van der Waals surface area contributed by atoms with E-state index in [4.69, 9.17) is 16.3 Å². The van der Waals surface area contributed by atoms with E-state index in [0.29, 0.717) is 28.2 Å². The molecule has 0 amide bonds. The van der Waals surface area contributed by atoms with Gasteiger partial charge in [-0.15, -0.1) is 0 Å². The van der Waals surface area contributed by atoms with Crippen LogP contribution in [0.4, 0.5) is 0 Å². The summed E-state index contributed by atoms with van der Waals surface area (Å²) in [6, 6.07) is 5.48. The predicted octanol–water partition coefficient (Wildman–Crippen LogP) is 4.87. The van der Waals surface area contributed by atoms with Crippen LogP contribution in [0.1, 0.15) is 44.1 Å². The molecule has 1 aromatic carbocycles. The third kappa shape index (κ3) is 4.39. The van der Waals surface area contributed by atoms with E-state index in [9.17, 15) is 9.59 Å². The highest BCUT2D eigenvalue weighted by Crippen LogP contribution is 2.33. The third-order valence-electron chi connectivity index (χ3n) is 4.26. The first-order valence-electron chi connectivity index (χ1n) is 8.00. The molecule has 3 nitrogen and oxygen atoms in total. The Hall–Kier alpha value is -1.26. The zero-order valence-corrected chi connectivity index (χ0v) is 14.4. The van der Waals surface area contributed by atoms with Crippen molar-refractivity contribution in [3.8, 4) is 5.75 Å². The second-order valence-electron chi connectivity index (χ2n) is 6.09. The number of thioether (sulfide) groups is 1. The molecule has 1 aliphatic carbocycles. The van der Waals surface area contributed by atoms with Crippen molar-refractivity contribution in [2.24, 2.45) is 5.92 Å². The standard InChI is InChI=1S/C18H19ClO3S/c19-14-8-13(9-17-15(20)10-18(21)23-17)6-7-16(14)22-11-12-4-2-1-3-5-12/h6-9,12H,1-5,10-11H2/b17-9-. The maximum atomic E-state index is 11.7. The van der Waals surface area contributed by atoms with Crippen molar-refractivity contribution in [2.45, 2.75) is 38.5 Å². The van der Waals surface area contributed by atoms with Crippen molar-refractivity contribution in [1.82, 2.24) is 0 Å². The summed E-state index contributed by atoms with van der Waals surface area (Å²) < 4.78 is 5.86. The van der Waals surface area contributed by atoms with Gasteiger partial charge < -0.3 is 4.74 Å². The van der Waals surface area contributed by atoms with E-state index in [1.54, 1.807) is 12.1 Å². The monoisotopic (exact) mass is 350 g/mol. The first-order valence-corrected chi connectivity index (χ1v) is 9.19. The van der Waals surface area contributed by atoms with E-state index in [2.05, 4.69) is 0 Å². The van der Waals surface area contributed by atoms with Crippen LogP contribution in [0.5, 0.6) is 5.75 Å². The zero-order chi connectivity index (χ0) is 16.2. The normalized spacial score (nSPS) is 21.2. The van der Waals surface area contributed by atoms with Crippen LogP contribution in [0, 0.1) is 5.92 Å². The van der Waals surface area contributed by atoms with E-state index in [1.807, 2.05) is 12.1 Å². The molecule has 1 aliphatic heterocycles. The molecule has 0 bridgehead atoms. The molecule has 23 heavy (non-hydrogen) atoms. The van der Waals surface area contributed by atoms with Crippen molar-refractivity contribution in [3.05, 3.63) is 33.7 Å². The maximum absolute atomic E-state index is 11.7. The van der Waals surface area contributed by atoms with Crippen molar-refractivity contribution in [2.75, 3.05) is 6.61 Å². The van der Waals surface area contributed by atoms with Gasteiger partial charge in [0.15, 0.2) is 5.78 Å². The molecule has 5 heteroatoms. The Kier molecular flexibility index (Phi) is 5.44. The SMILES string of the molecule is O=C1CC(=O)/C(=C/c2ccc(OCC3CCCCC3)c(Cl)c2)S1. The first-order chi connectivity index (χ1) is 11.1. The van der Waals surface area contributed by atoms with E-state index >= 15 is 0 Å². The number of carbonyl (C=O) groups is 2. The summed E-state index contributed by atoms with van der Waals surface area (Å²) in [6.07, 6.45) is 8.09. The second-order valence-corrected chi connectivity index (χ2v) is 7.59. The van der Waals surface area contributed by atoms with Gasteiger partial charge in [0.25, 0.3) is 0 Å². The van der Waals surface area contributed by atoms with Gasteiger partial charge in [0.1, 0.15) is 5.75 Å². The molecule has 122 valence electrons. The van der Waals surface area contributed by atoms with Gasteiger partial charge in [0.05, 0.1) is 23.0 Å². The number of hydrogen-bond donors (Lipinski definition) is 0. The van der Waals surface area contributed by atoms with Gasteiger partial charge in [-0.1, -0.05) is 36.9 Å². The van der Waals surface area contributed by atoms with E-state index in [0.717, 1.165) is 17.3 Å². The molecule has 0 aromatic heterocycles. The molecule has 3 rings (SSSR count). The first kappa shape index (κ1) is 16.6. The molecule has 1 heterocycles. The molecular weight excluding hydrogens is 332 g/mol. The Bertz CT molecular complexity index is 648. The minimum Gasteiger partial charge on any atom is -0.492 e. The largest absolute Gasteiger partial charge is 0.492 e. The molecule has 0 unspecified atom stereocenters. The average molecular weight is 351 g/mol. The summed E-state index contributed by atoms with van der Waals surface area (Å²) in [7, 11) is 0. The lowest BCUT2D eigenvalue weighted by atomic mass is 9.90. The van der Waals surface area contributed by atoms with Gasteiger partial charge in [-0.3, -0.25) is 9.59 Å². The topological polar surface area (TPSA) is 43.4 Å². The van der Waals surface area contributed by atoms with E-state index in [1.165, 1.54) is 32.1 Å². The highest BCUT2D eigenvalue weighted by atomic mass is 35.5. The second kappa shape index (κ2) is 7.54. The summed E-state index contributed by atoms with van der Waals surface area (Å²) in [4.78, 5) is 23.4. The average Bonchev–Trinajstić information content (AvgIpc) is 2.85. The van der Waals surface area contributed by atoms with Crippen LogP contribution < -0.4 is 4.74 Å². The predicted molar refractivity (Wildman–Crippen MR) is 93.7 cm³/mol. The minimum atomic E-state index is -0.117. The molecule has 2 fully saturated rings. The minimum absolute atomic E-state index is 0.00713. The number of hydrogen-bond acceptors (Lipinski definition) is 4. The Morgan fingerprint density at radius 1 is 1.22 bits per heavy atom. The number of benzene rings is 1. The molecule has 1 saturated heterocycles. The molecule has 0 atom stereocenters. The molecule has 2 aliphatic rings. The number of Topliss-reactive ketones (excluding diaryl/α,β-unsaturated/α-hetero) is 1. The molecule has 0 spiro atoms. The number of ketones is 1. The fourth-order valence-corrected chi connectivity index (χ4v) is 4.05. The number of allylic oxidation sites excluding steroid dienone is 1. The Morgan fingerprint density at radius 3 is 2.65 bits per heavy atom. The van der Waals surface area contributed by atoms with Crippen LogP contribution in [-0.2, 0) is 9.59 Å². The van der Waals surface area contributed by atoms with Crippen LogP contribution in [0.2, 0.25) is 5.02 Å². The number of rotatable bonds is 4. The lowest BCUT2D eigenvalue weighted by molar-refractivity contribution is -0.119. The Labute approximate surface area is 145 Å². The van der Waals surface area contributed by atoms with E-state index in [-0.39, 0.29) is 17.3 Å². The summed E-state index contributed by atoms with van der Waals surface area (Å²) in [5, 5.41) is 0.441. The Balaban J connectivity index is 1.64. The highest BCUT2D eigenvalue weighted by Gasteiger charge is 2.25. The van der Waals surface area contributed by atoms with Gasteiger partial charge in [-0.2, -0.15) is 0 Å². The van der Waals surface area contributed by atoms with Gasteiger partial charge in [-0.25, -0.2) is 0 Å². The third-order valence-corrected chi connectivity index (χ3v) is 5.49. The lowest BCUT2D eigenvalue weighted by Gasteiger charge is -2.22. The number of carbonyl (C=O) groups excluding carboxylic acids is 2. The molecule has 0 radical (unpaired) electrons. The lowest BCUT2D eigenvalue weighted by Crippen LogP contribution is -2.15. The maximum Gasteiger partial charge on any atom is 0.201 e. The summed E-state index contributed by atoms with van der Waals surface area (Å²) in [5.74, 6) is 1.19. The number of halogens is 1. The highest BCUT2D eigenvalue weighted by molar-refractivity contribution is 8.18. The van der Waals surface area contributed by atoms with Gasteiger partial charge in [0, 0.05) is 0 Å². The molecule has 1 saturated carbocycles. The van der Waals surface area contributed by atoms with Crippen LogP contribution >= 0.6 is 23.4 Å². The van der Waals surface area contributed by atoms with Crippen LogP contribution in [0.15, 0.2) is 23.1 Å². The fourth-order valence-electron chi connectivity index (χ4n) is 2.98. The van der Waals surface area contributed by atoms with Crippen molar-refractivity contribution in [1.29, 1.82) is 0 Å². The van der Waals surface area contributed by atoms with Crippen molar-refractivity contribution in [3.63, 3.8) is 0 Å². The number of ether oxygens (including phenoxy) is 1.